The lowest BCUT2D eigenvalue weighted by atomic mass is 9.99. The van der Waals surface area contributed by atoms with E-state index < -0.39 is 20.5 Å². The number of sulfone groups is 1. The van der Waals surface area contributed by atoms with Gasteiger partial charge in [-0.25, -0.2) is 13.9 Å². The highest BCUT2D eigenvalue weighted by Gasteiger charge is 2.47. The molecule has 0 saturated heterocycles. The molecular weight excluding hydrogens is 370 g/mol. The van der Waals surface area contributed by atoms with Crippen molar-refractivity contribution in [1.29, 1.82) is 0 Å². The number of ether oxygens (including phenoxy) is 2. The molecule has 0 saturated carbocycles. The van der Waals surface area contributed by atoms with Crippen LogP contribution >= 0.6 is 0 Å². The maximum atomic E-state index is 13.2. The monoisotopic (exact) mass is 393 g/mol. The van der Waals surface area contributed by atoms with Crippen molar-refractivity contribution >= 4 is 15.7 Å². The number of amides is 1. The minimum atomic E-state index is -4.13. The minimum absolute atomic E-state index is 0.0460. The van der Waals surface area contributed by atoms with Gasteiger partial charge in [0, 0.05) is 6.42 Å². The van der Waals surface area contributed by atoms with Crippen LogP contribution in [0.2, 0.25) is 0 Å². The topological polar surface area (TPSA) is 102 Å². The van der Waals surface area contributed by atoms with Gasteiger partial charge in [0.15, 0.2) is 14.6 Å². The molecular formula is C19H23NO6S. The fourth-order valence-corrected chi connectivity index (χ4v) is 4.39. The molecule has 1 atom stereocenters. The van der Waals surface area contributed by atoms with Crippen LogP contribution in [0.5, 0.6) is 11.5 Å². The van der Waals surface area contributed by atoms with Gasteiger partial charge in [-0.05, 0) is 55.8 Å². The first kappa shape index (κ1) is 20.7. The second-order valence-electron chi connectivity index (χ2n) is 6.11. The number of hydrogen-bond acceptors (Lipinski definition) is 6. The quantitative estimate of drug-likeness (QED) is 0.527. The van der Waals surface area contributed by atoms with E-state index in [9.17, 15) is 18.4 Å². The number of hydrogen-bond donors (Lipinski definition) is 2. The van der Waals surface area contributed by atoms with Gasteiger partial charge in [-0.15, -0.1) is 0 Å². The SMILES string of the molecule is CCOc1cccc(CC(C)(C(=O)NO)S(=O)(=O)c2ccc(OC)cc2)c1. The van der Waals surface area contributed by atoms with Crippen LogP contribution in [-0.2, 0) is 21.1 Å². The number of methoxy groups -OCH3 is 1. The third-order valence-corrected chi connectivity index (χ3v) is 6.70. The van der Waals surface area contributed by atoms with Crippen LogP contribution in [0.4, 0.5) is 0 Å². The van der Waals surface area contributed by atoms with E-state index in [4.69, 9.17) is 9.47 Å². The summed E-state index contributed by atoms with van der Waals surface area (Å²) in [5.41, 5.74) is 2.08. The van der Waals surface area contributed by atoms with E-state index in [-0.39, 0.29) is 11.3 Å². The zero-order chi connectivity index (χ0) is 20.1. The van der Waals surface area contributed by atoms with E-state index in [0.717, 1.165) is 0 Å². The van der Waals surface area contributed by atoms with Gasteiger partial charge in [0.25, 0.3) is 5.91 Å². The molecule has 0 bridgehead atoms. The zero-order valence-corrected chi connectivity index (χ0v) is 16.2. The summed E-state index contributed by atoms with van der Waals surface area (Å²) in [6.45, 7) is 3.58. The van der Waals surface area contributed by atoms with Gasteiger partial charge in [-0.1, -0.05) is 12.1 Å². The highest BCUT2D eigenvalue weighted by atomic mass is 32.2. The Bertz CT molecular complexity index is 895. The van der Waals surface area contributed by atoms with Crippen molar-refractivity contribution in [2.75, 3.05) is 13.7 Å². The molecule has 2 aromatic rings. The summed E-state index contributed by atoms with van der Waals surface area (Å²) < 4.78 is 35.0. The smallest absolute Gasteiger partial charge is 0.265 e. The van der Waals surface area contributed by atoms with Gasteiger partial charge in [0.05, 0.1) is 18.6 Å². The summed E-state index contributed by atoms with van der Waals surface area (Å²) >= 11 is 0. The Labute approximate surface area is 158 Å². The molecule has 0 aliphatic heterocycles. The fourth-order valence-electron chi connectivity index (χ4n) is 2.73. The molecule has 7 nitrogen and oxygen atoms in total. The zero-order valence-electron chi connectivity index (χ0n) is 15.4. The van der Waals surface area contributed by atoms with E-state index in [1.54, 1.807) is 24.3 Å². The molecule has 0 spiro atoms. The first-order valence-corrected chi connectivity index (χ1v) is 9.81. The third-order valence-electron chi connectivity index (χ3n) is 4.30. The Morgan fingerprint density at radius 2 is 1.81 bits per heavy atom. The molecule has 0 fully saturated rings. The average Bonchev–Trinajstić information content (AvgIpc) is 2.67. The largest absolute Gasteiger partial charge is 0.497 e. The first-order valence-electron chi connectivity index (χ1n) is 8.33. The maximum absolute atomic E-state index is 13.2. The van der Waals surface area contributed by atoms with Crippen molar-refractivity contribution in [2.24, 2.45) is 0 Å². The summed E-state index contributed by atoms with van der Waals surface area (Å²) in [5.74, 6) is 0.0513. The van der Waals surface area contributed by atoms with Gasteiger partial charge in [-0.2, -0.15) is 0 Å². The van der Waals surface area contributed by atoms with Crippen LogP contribution in [-0.4, -0.2) is 38.0 Å². The molecule has 0 radical (unpaired) electrons. The maximum Gasteiger partial charge on any atom is 0.265 e. The van der Waals surface area contributed by atoms with Gasteiger partial charge in [0.2, 0.25) is 0 Å². The fraction of sp³-hybridized carbons (Fsp3) is 0.316. The van der Waals surface area contributed by atoms with E-state index in [1.165, 1.54) is 43.8 Å². The van der Waals surface area contributed by atoms with E-state index >= 15 is 0 Å². The summed E-state index contributed by atoms with van der Waals surface area (Å²) in [6, 6.07) is 12.6. The van der Waals surface area contributed by atoms with Gasteiger partial charge < -0.3 is 9.47 Å². The molecule has 1 unspecified atom stereocenters. The second kappa shape index (κ2) is 8.41. The van der Waals surface area contributed by atoms with Crippen LogP contribution in [0.15, 0.2) is 53.4 Å². The molecule has 8 heteroatoms. The van der Waals surface area contributed by atoms with E-state index in [1.807, 2.05) is 6.92 Å². The summed E-state index contributed by atoms with van der Waals surface area (Å²) in [4.78, 5) is 12.3. The summed E-state index contributed by atoms with van der Waals surface area (Å²) in [5, 5.41) is 9.17. The summed E-state index contributed by atoms with van der Waals surface area (Å²) in [7, 11) is -2.66. The molecule has 2 rings (SSSR count). The molecule has 27 heavy (non-hydrogen) atoms. The Balaban J connectivity index is 2.48. The van der Waals surface area contributed by atoms with Gasteiger partial charge in [-0.3, -0.25) is 10.0 Å². The Kier molecular flexibility index (Phi) is 6.45. The Hall–Kier alpha value is -2.58. The van der Waals surface area contributed by atoms with Crippen molar-refractivity contribution in [3.8, 4) is 11.5 Å². The lowest BCUT2D eigenvalue weighted by Crippen LogP contribution is -2.51. The molecule has 146 valence electrons. The molecule has 1 amide bonds. The standard InChI is InChI=1S/C19H23NO6S/c1-4-26-16-7-5-6-14(12-16)13-19(2,18(21)20-22)27(23,24)17-10-8-15(25-3)9-11-17/h5-12,22H,4,13H2,1-3H3,(H,20,21). The van der Waals surface area contributed by atoms with Crippen LogP contribution in [0.25, 0.3) is 0 Å². The van der Waals surface area contributed by atoms with Crippen LogP contribution in [0, 0.1) is 0 Å². The number of carbonyl (C=O) groups is 1. The normalized spacial score (nSPS) is 13.5. The summed E-state index contributed by atoms with van der Waals surface area (Å²) in [6.07, 6.45) is -0.144. The molecule has 2 aromatic carbocycles. The van der Waals surface area contributed by atoms with E-state index in [0.29, 0.717) is 23.7 Å². The van der Waals surface area contributed by atoms with Crippen molar-refractivity contribution in [2.45, 2.75) is 29.9 Å². The molecule has 0 aliphatic carbocycles. The predicted molar refractivity (Wildman–Crippen MR) is 99.8 cm³/mol. The molecule has 0 aliphatic rings. The third kappa shape index (κ3) is 4.23. The van der Waals surface area contributed by atoms with Crippen LogP contribution < -0.4 is 15.0 Å². The van der Waals surface area contributed by atoms with Crippen LogP contribution in [0.3, 0.4) is 0 Å². The van der Waals surface area contributed by atoms with Crippen molar-refractivity contribution in [1.82, 2.24) is 5.48 Å². The number of rotatable bonds is 8. The van der Waals surface area contributed by atoms with Crippen molar-refractivity contribution < 1.29 is 27.9 Å². The first-order chi connectivity index (χ1) is 12.8. The van der Waals surface area contributed by atoms with Crippen LogP contribution in [0.1, 0.15) is 19.4 Å². The Morgan fingerprint density at radius 1 is 1.15 bits per heavy atom. The number of benzene rings is 2. The molecule has 0 heterocycles. The predicted octanol–water partition coefficient (Wildman–Crippen LogP) is 2.37. The highest BCUT2D eigenvalue weighted by Crippen LogP contribution is 2.31. The molecule has 2 N–H and O–H groups in total. The number of nitrogens with one attached hydrogen (secondary N) is 1. The lowest BCUT2D eigenvalue weighted by Gasteiger charge is -2.27. The van der Waals surface area contributed by atoms with Gasteiger partial charge in [0.1, 0.15) is 11.5 Å². The molecule has 0 aromatic heterocycles. The highest BCUT2D eigenvalue weighted by molar-refractivity contribution is 7.93. The van der Waals surface area contributed by atoms with Crippen molar-refractivity contribution in [3.63, 3.8) is 0 Å². The number of carbonyl (C=O) groups excluding carboxylic acids is 1. The Morgan fingerprint density at radius 3 is 2.37 bits per heavy atom. The van der Waals surface area contributed by atoms with Crippen molar-refractivity contribution in [3.05, 3.63) is 54.1 Å². The minimum Gasteiger partial charge on any atom is -0.497 e. The lowest BCUT2D eigenvalue weighted by molar-refractivity contribution is -0.131. The second-order valence-corrected chi connectivity index (χ2v) is 8.49. The average molecular weight is 393 g/mol. The number of hydroxylamine groups is 1. The van der Waals surface area contributed by atoms with E-state index in [2.05, 4.69) is 0 Å². The van der Waals surface area contributed by atoms with Gasteiger partial charge >= 0.3 is 0 Å².